The monoisotopic (exact) mass is 413 g/mol. The van der Waals surface area contributed by atoms with Crippen LogP contribution in [-0.4, -0.2) is 25.1 Å². The van der Waals surface area contributed by atoms with Gasteiger partial charge in [0.1, 0.15) is 22.1 Å². The Balaban J connectivity index is 1.94. The van der Waals surface area contributed by atoms with E-state index in [0.29, 0.717) is 17.2 Å². The van der Waals surface area contributed by atoms with E-state index in [1.807, 2.05) is 31.2 Å². The third-order valence-corrected chi connectivity index (χ3v) is 4.98. The van der Waals surface area contributed by atoms with Gasteiger partial charge in [-0.25, -0.2) is 9.18 Å². The second-order valence-corrected chi connectivity index (χ2v) is 6.87. The lowest BCUT2D eigenvalue weighted by atomic mass is 10.0. The second-order valence-electron chi connectivity index (χ2n) is 5.99. The molecule has 150 valence electrons. The van der Waals surface area contributed by atoms with E-state index >= 15 is 0 Å². The minimum atomic E-state index is -0.521. The number of carbonyl (C=O) groups excluding carboxylic acids is 2. The van der Waals surface area contributed by atoms with Gasteiger partial charge in [0.15, 0.2) is 0 Å². The summed E-state index contributed by atoms with van der Waals surface area (Å²) in [6, 6.07) is 12.5. The molecule has 0 unspecified atom stereocenters. The van der Waals surface area contributed by atoms with Crippen LogP contribution in [-0.2, 0) is 4.74 Å². The molecule has 0 fully saturated rings. The molecule has 1 N–H and O–H groups in total. The van der Waals surface area contributed by atoms with Gasteiger partial charge < -0.3 is 14.8 Å². The van der Waals surface area contributed by atoms with Gasteiger partial charge in [-0.2, -0.15) is 0 Å². The van der Waals surface area contributed by atoms with Crippen LogP contribution >= 0.6 is 11.3 Å². The van der Waals surface area contributed by atoms with Crippen molar-refractivity contribution in [1.82, 2.24) is 0 Å². The third kappa shape index (κ3) is 4.81. The molecule has 1 aromatic heterocycles. The van der Waals surface area contributed by atoms with Gasteiger partial charge in [-0.15, -0.1) is 11.3 Å². The maximum absolute atomic E-state index is 13.1. The van der Waals surface area contributed by atoms with Gasteiger partial charge in [0, 0.05) is 16.5 Å². The van der Waals surface area contributed by atoms with Crippen molar-refractivity contribution in [3.63, 3.8) is 0 Å². The van der Waals surface area contributed by atoms with E-state index in [-0.39, 0.29) is 17.7 Å². The summed E-state index contributed by atoms with van der Waals surface area (Å²) in [5, 5.41) is 4.91. The van der Waals surface area contributed by atoms with Crippen LogP contribution in [0.25, 0.3) is 11.1 Å². The van der Waals surface area contributed by atoms with Crippen molar-refractivity contribution in [2.45, 2.75) is 13.8 Å². The number of benzene rings is 2. The quantitative estimate of drug-likeness (QED) is 0.528. The van der Waals surface area contributed by atoms with E-state index in [2.05, 4.69) is 5.32 Å². The summed E-state index contributed by atoms with van der Waals surface area (Å²) >= 11 is 1.23. The Kier molecular flexibility index (Phi) is 6.61. The number of ether oxygens (including phenoxy) is 2. The number of hydrogen-bond acceptors (Lipinski definition) is 5. The smallest absolute Gasteiger partial charge is 0.341 e. The van der Waals surface area contributed by atoms with Crippen LogP contribution in [0.4, 0.5) is 9.39 Å². The Morgan fingerprint density at radius 2 is 1.69 bits per heavy atom. The lowest BCUT2D eigenvalue weighted by Crippen LogP contribution is -2.14. The summed E-state index contributed by atoms with van der Waals surface area (Å²) in [5.74, 6) is -0.653. The average molecular weight is 413 g/mol. The highest BCUT2D eigenvalue weighted by atomic mass is 32.1. The zero-order valence-electron chi connectivity index (χ0n) is 16.0. The normalized spacial score (nSPS) is 10.4. The Morgan fingerprint density at radius 3 is 2.31 bits per heavy atom. The predicted octanol–water partition coefficient (Wildman–Crippen LogP) is 5.38. The van der Waals surface area contributed by atoms with E-state index in [9.17, 15) is 14.0 Å². The summed E-state index contributed by atoms with van der Waals surface area (Å²) < 4.78 is 23.8. The molecule has 3 aromatic rings. The molecule has 0 aliphatic rings. The highest BCUT2D eigenvalue weighted by molar-refractivity contribution is 7.15. The van der Waals surface area contributed by atoms with Crippen molar-refractivity contribution in [2.75, 3.05) is 18.5 Å². The molecule has 2 aromatic carbocycles. The predicted molar refractivity (Wildman–Crippen MR) is 111 cm³/mol. The number of carbonyl (C=O) groups is 2. The number of rotatable bonds is 7. The number of esters is 1. The van der Waals surface area contributed by atoms with Crippen LogP contribution in [0.2, 0.25) is 0 Å². The van der Waals surface area contributed by atoms with E-state index < -0.39 is 17.7 Å². The molecular formula is C22H20FNO4S. The number of halogens is 1. The van der Waals surface area contributed by atoms with Gasteiger partial charge in [-0.3, -0.25) is 4.79 Å². The van der Waals surface area contributed by atoms with Crippen molar-refractivity contribution in [3.8, 4) is 16.9 Å². The fourth-order valence-electron chi connectivity index (χ4n) is 2.74. The Hall–Kier alpha value is -3.19. The Labute approximate surface area is 172 Å². The van der Waals surface area contributed by atoms with Crippen LogP contribution in [0.5, 0.6) is 5.75 Å². The first-order chi connectivity index (χ1) is 14.0. The van der Waals surface area contributed by atoms with Gasteiger partial charge in [0.05, 0.1) is 13.2 Å². The molecule has 0 saturated heterocycles. The SMILES string of the molecule is CCOC(=O)c1c(-c2ccc(OCC)cc2)csc1NC(=O)c1ccc(F)cc1. The van der Waals surface area contributed by atoms with Crippen molar-refractivity contribution < 1.29 is 23.5 Å². The fraction of sp³-hybridized carbons (Fsp3) is 0.182. The molecule has 1 amide bonds. The van der Waals surface area contributed by atoms with Crippen molar-refractivity contribution >= 4 is 28.2 Å². The standard InChI is InChI=1S/C22H20FNO4S/c1-3-27-17-11-7-14(8-12-17)18-13-29-21(19(18)22(26)28-4-2)24-20(25)15-5-9-16(23)10-6-15/h5-13H,3-4H2,1-2H3,(H,24,25). The maximum atomic E-state index is 13.1. The molecule has 0 saturated carbocycles. The molecule has 7 heteroatoms. The minimum Gasteiger partial charge on any atom is -0.494 e. The fourth-order valence-corrected chi connectivity index (χ4v) is 3.69. The van der Waals surface area contributed by atoms with Gasteiger partial charge >= 0.3 is 5.97 Å². The molecule has 5 nitrogen and oxygen atoms in total. The molecule has 1 heterocycles. The molecule has 0 radical (unpaired) electrons. The molecule has 29 heavy (non-hydrogen) atoms. The minimum absolute atomic E-state index is 0.211. The molecule has 0 aliphatic carbocycles. The number of amides is 1. The summed E-state index contributed by atoms with van der Waals surface area (Å²) in [6.45, 7) is 4.40. The molecule has 0 spiro atoms. The first-order valence-electron chi connectivity index (χ1n) is 9.12. The van der Waals surface area contributed by atoms with Crippen LogP contribution in [0, 0.1) is 5.82 Å². The number of anilines is 1. The highest BCUT2D eigenvalue weighted by Gasteiger charge is 2.23. The van der Waals surface area contributed by atoms with E-state index in [0.717, 1.165) is 11.3 Å². The van der Waals surface area contributed by atoms with E-state index in [1.54, 1.807) is 12.3 Å². The summed E-state index contributed by atoms with van der Waals surface area (Å²) in [5.41, 5.74) is 2.04. The molecule has 3 rings (SSSR count). The average Bonchev–Trinajstić information content (AvgIpc) is 3.13. The van der Waals surface area contributed by atoms with Gasteiger partial charge in [-0.1, -0.05) is 12.1 Å². The van der Waals surface area contributed by atoms with Crippen LogP contribution < -0.4 is 10.1 Å². The Bertz CT molecular complexity index is 997. The van der Waals surface area contributed by atoms with Crippen molar-refractivity contribution in [1.29, 1.82) is 0 Å². The third-order valence-electron chi connectivity index (χ3n) is 4.08. The number of thiophene rings is 1. The zero-order chi connectivity index (χ0) is 20.8. The second kappa shape index (κ2) is 9.34. The lowest BCUT2D eigenvalue weighted by molar-refractivity contribution is 0.0529. The first-order valence-corrected chi connectivity index (χ1v) is 10.00. The van der Waals surface area contributed by atoms with Crippen molar-refractivity contribution in [3.05, 3.63) is 70.9 Å². The summed E-state index contributed by atoms with van der Waals surface area (Å²) in [4.78, 5) is 25.1. The molecule has 0 bridgehead atoms. The van der Waals surface area contributed by atoms with Gasteiger partial charge in [-0.05, 0) is 55.8 Å². The van der Waals surface area contributed by atoms with Crippen LogP contribution in [0.3, 0.4) is 0 Å². The topological polar surface area (TPSA) is 64.6 Å². The van der Waals surface area contributed by atoms with Gasteiger partial charge in [0.2, 0.25) is 0 Å². The van der Waals surface area contributed by atoms with Gasteiger partial charge in [0.25, 0.3) is 5.91 Å². The molecular weight excluding hydrogens is 393 g/mol. The lowest BCUT2D eigenvalue weighted by Gasteiger charge is -2.09. The number of nitrogens with one attached hydrogen (secondary N) is 1. The summed E-state index contributed by atoms with van der Waals surface area (Å²) in [6.07, 6.45) is 0. The van der Waals surface area contributed by atoms with E-state index in [1.165, 1.54) is 35.6 Å². The highest BCUT2D eigenvalue weighted by Crippen LogP contribution is 2.37. The van der Waals surface area contributed by atoms with Crippen molar-refractivity contribution in [2.24, 2.45) is 0 Å². The van der Waals surface area contributed by atoms with E-state index in [4.69, 9.17) is 9.47 Å². The zero-order valence-corrected chi connectivity index (χ0v) is 16.8. The maximum Gasteiger partial charge on any atom is 0.341 e. The molecule has 0 atom stereocenters. The largest absolute Gasteiger partial charge is 0.494 e. The first kappa shape index (κ1) is 20.5. The Morgan fingerprint density at radius 1 is 1.00 bits per heavy atom. The van der Waals surface area contributed by atoms with Crippen LogP contribution in [0.1, 0.15) is 34.6 Å². The molecule has 0 aliphatic heterocycles. The van der Waals surface area contributed by atoms with Crippen LogP contribution in [0.15, 0.2) is 53.9 Å². The number of hydrogen-bond donors (Lipinski definition) is 1. The summed E-state index contributed by atoms with van der Waals surface area (Å²) in [7, 11) is 0.